The van der Waals surface area contributed by atoms with E-state index < -0.39 is 0 Å². The second kappa shape index (κ2) is 133. The Kier molecular flexibility index (Phi) is 188. The van der Waals surface area contributed by atoms with Gasteiger partial charge in [-0.1, -0.05) is 406 Å². The lowest BCUT2D eigenvalue weighted by Crippen LogP contribution is -2.09. The number of hydrogen-bond donors (Lipinski definition) is 0. The summed E-state index contributed by atoms with van der Waals surface area (Å²) in [6.45, 7) is 87.7. The molecule has 538 valence electrons. The quantitative estimate of drug-likeness (QED) is 0.0486. The van der Waals surface area contributed by atoms with Gasteiger partial charge in [0, 0.05) is 12.8 Å². The van der Waals surface area contributed by atoms with Gasteiger partial charge in [0.2, 0.25) is 0 Å². The van der Waals surface area contributed by atoms with E-state index >= 15 is 0 Å². The largest absolute Gasteiger partial charge is 0.107 e. The van der Waals surface area contributed by atoms with Crippen LogP contribution in [0.2, 0.25) is 0 Å². The van der Waals surface area contributed by atoms with E-state index in [-0.39, 0.29) is 0 Å². The summed E-state index contributed by atoms with van der Waals surface area (Å²) in [6, 6.07) is 0. The molecule has 0 fully saturated rings. The Hall–Kier alpha value is -1.66. The van der Waals surface area contributed by atoms with Crippen LogP contribution in [0.3, 0.4) is 0 Å². The molecular formula is C87H190. The second-order valence-electron chi connectivity index (χ2n) is 25.6. The van der Waals surface area contributed by atoms with E-state index in [4.69, 9.17) is 0 Å². The molecule has 0 rings (SSSR count). The molecule has 3 unspecified atom stereocenters. The third kappa shape index (κ3) is 245. The Morgan fingerprint density at radius 1 is 0.379 bits per heavy atom. The monoisotopic (exact) mass is 1240 g/mol. The van der Waals surface area contributed by atoms with Crippen molar-refractivity contribution < 1.29 is 0 Å². The topological polar surface area (TPSA) is 0 Å². The van der Waals surface area contributed by atoms with Gasteiger partial charge in [0.25, 0.3) is 0 Å². The molecule has 0 heteroatoms. The molecule has 0 aromatic carbocycles. The summed E-state index contributed by atoms with van der Waals surface area (Å²) >= 11 is 0. The van der Waals surface area contributed by atoms with Gasteiger partial charge in [0.15, 0.2) is 0 Å². The molecule has 3 atom stereocenters. The van der Waals surface area contributed by atoms with Gasteiger partial charge in [0.1, 0.15) is 0 Å². The van der Waals surface area contributed by atoms with Crippen molar-refractivity contribution in [3.8, 4) is 23.7 Å². The zero-order valence-corrected chi connectivity index (χ0v) is 70.4. The van der Waals surface area contributed by atoms with Crippen molar-refractivity contribution in [1.82, 2.24) is 0 Å². The molecule has 0 aliphatic carbocycles. The summed E-state index contributed by atoms with van der Waals surface area (Å²) in [7, 11) is 0. The molecule has 0 saturated heterocycles. The molecule has 0 bridgehead atoms. The lowest BCUT2D eigenvalue weighted by atomic mass is 9.84. The van der Waals surface area contributed by atoms with Gasteiger partial charge in [0.05, 0.1) is 0 Å². The number of allylic oxidation sites excluding steroid dienone is 6. The fourth-order valence-corrected chi connectivity index (χ4v) is 6.78. The minimum Gasteiger partial charge on any atom is -0.107 e. The molecule has 0 nitrogen and oxygen atoms in total. The van der Waals surface area contributed by atoms with Gasteiger partial charge in [-0.3, -0.25) is 0 Å². The van der Waals surface area contributed by atoms with Crippen LogP contribution < -0.4 is 0 Å². The fourth-order valence-electron chi connectivity index (χ4n) is 6.78. The fraction of sp³-hybridized carbons (Fsp3) is 0.885. The van der Waals surface area contributed by atoms with E-state index in [1.54, 1.807) is 0 Å². The Labute approximate surface area is 566 Å². The molecule has 0 N–H and O–H groups in total. The first kappa shape index (κ1) is 123. The van der Waals surface area contributed by atoms with Crippen LogP contribution in [0.4, 0.5) is 0 Å². The Morgan fingerprint density at radius 3 is 0.759 bits per heavy atom. The predicted octanol–water partition coefficient (Wildman–Crippen LogP) is 34.3. The molecule has 0 saturated carbocycles. The predicted molar refractivity (Wildman–Crippen MR) is 430 cm³/mol. The highest BCUT2D eigenvalue weighted by Crippen LogP contribution is 2.27. The van der Waals surface area contributed by atoms with E-state index in [0.29, 0.717) is 5.41 Å². The number of hydrogen-bond acceptors (Lipinski definition) is 0. The van der Waals surface area contributed by atoms with Crippen LogP contribution in [0.5, 0.6) is 0 Å². The van der Waals surface area contributed by atoms with Crippen LogP contribution in [-0.4, -0.2) is 0 Å². The van der Waals surface area contributed by atoms with E-state index in [2.05, 4.69) is 289 Å². The molecule has 0 aromatic rings. The van der Waals surface area contributed by atoms with Crippen LogP contribution in [0, 0.1) is 70.5 Å². The molecule has 0 amide bonds. The summed E-state index contributed by atoms with van der Waals surface area (Å²) in [4.78, 5) is 0. The van der Waals surface area contributed by atoms with Gasteiger partial charge in [-0.25, -0.2) is 0 Å². The van der Waals surface area contributed by atoms with Crippen LogP contribution >= 0.6 is 0 Å². The molecular weight excluding hydrogens is 1040 g/mol. The standard InChI is InChI=1S/C9H20.2C8H18.C7H16.C6H14.C6H12.C6H14.2C5H12.2C5H10.2C5H8.C4H10.C3H8/c1-5-7-9(3,4)8-6-2;1-5-8(4)6-7(2)3;1-5-7(3)8(4)6-2;1-4-7(5-2)6-3;2*1-4-5-6(2)3;1-3-5-6-4-2;1-4-5(2)3;5*1-3-5-4-2;1-3-4-2;1-3-2/h5-8H2,1-4H3;2*7-8H,5-6H2,1-4H3;7H,4-6H2,1-3H3;6H,4-5H2,1-3H3;5H,4H2,1-3H3;3-6H2,1-2H3;5H,4H2,1-3H3;3-5H2,1-2H3;2*3,5H,4H2,1-2H3;2*3H2,1-2H3;3-4H2,1-2H3;3H2,1-2H3/b;;;;;;;;;5-3+;;;;;. The summed E-state index contributed by atoms with van der Waals surface area (Å²) in [6.07, 6.45) is 48.4. The lowest BCUT2D eigenvalue weighted by Gasteiger charge is -2.22. The first-order chi connectivity index (χ1) is 41.0. The molecule has 87 heavy (non-hydrogen) atoms. The Bertz CT molecular complexity index is 1080. The van der Waals surface area contributed by atoms with Gasteiger partial charge in [-0.15, -0.1) is 23.7 Å². The minimum atomic E-state index is 0.601. The maximum absolute atomic E-state index is 2.86. The van der Waals surface area contributed by atoms with Crippen molar-refractivity contribution >= 4 is 0 Å². The van der Waals surface area contributed by atoms with Crippen molar-refractivity contribution in [2.45, 2.75) is 463 Å². The van der Waals surface area contributed by atoms with Crippen LogP contribution in [0.15, 0.2) is 36.0 Å². The summed E-state index contributed by atoms with van der Waals surface area (Å²) < 4.78 is 0. The van der Waals surface area contributed by atoms with Gasteiger partial charge < -0.3 is 0 Å². The van der Waals surface area contributed by atoms with E-state index in [1.807, 2.05) is 41.5 Å². The SMILES string of the molecule is C/C=C/CC.CC#CCC.CC#CCC.CC=CCC.CCC.CCC(C)C.CCC(C)C(C)CC.CCC(C)CC(C)C.CCC(CC)CC.CCC=C(C)C.CCCC.CCCC(C)(C)CCC.CCCC(C)C.CCCCC.CCCCCC. The zero-order valence-electron chi connectivity index (χ0n) is 70.4. The van der Waals surface area contributed by atoms with Crippen molar-refractivity contribution in [3.63, 3.8) is 0 Å². The van der Waals surface area contributed by atoms with E-state index in [9.17, 15) is 0 Å². The molecule has 0 aliphatic heterocycles. The summed E-state index contributed by atoms with van der Waals surface area (Å²) in [5.74, 6) is 17.7. The molecule has 0 spiro atoms. The van der Waals surface area contributed by atoms with Crippen molar-refractivity contribution in [2.75, 3.05) is 0 Å². The summed E-state index contributed by atoms with van der Waals surface area (Å²) in [5.41, 5.74) is 2.02. The molecule has 0 radical (unpaired) electrons. The third-order valence-electron chi connectivity index (χ3n) is 13.5. The van der Waals surface area contributed by atoms with E-state index in [0.717, 1.165) is 67.1 Å². The highest BCUT2D eigenvalue weighted by molar-refractivity contribution is 4.93. The van der Waals surface area contributed by atoms with Gasteiger partial charge >= 0.3 is 0 Å². The van der Waals surface area contributed by atoms with Gasteiger partial charge in [-0.05, 0) is 127 Å². The first-order valence-corrected chi connectivity index (χ1v) is 38.6. The highest BCUT2D eigenvalue weighted by atomic mass is 14.2. The molecule has 0 aromatic heterocycles. The number of rotatable bonds is 25. The normalized spacial score (nSPS) is 10.3. The number of unbranched alkanes of at least 4 members (excludes halogenated alkanes) is 6. The Balaban J connectivity index is -0.0000000494. The Morgan fingerprint density at radius 2 is 0.701 bits per heavy atom. The van der Waals surface area contributed by atoms with Crippen molar-refractivity contribution in [3.05, 3.63) is 36.0 Å². The second-order valence-corrected chi connectivity index (χ2v) is 25.6. The summed E-state index contributed by atoms with van der Waals surface area (Å²) in [5, 5.41) is 0. The highest BCUT2D eigenvalue weighted by Gasteiger charge is 2.14. The lowest BCUT2D eigenvalue weighted by molar-refractivity contribution is 0.301. The smallest absolute Gasteiger partial charge is 0.00601 e. The molecule has 0 aliphatic rings. The van der Waals surface area contributed by atoms with E-state index in [1.165, 1.54) is 166 Å². The molecule has 0 heterocycles. The maximum Gasteiger partial charge on any atom is 0.00601 e. The van der Waals surface area contributed by atoms with Crippen molar-refractivity contribution in [1.29, 1.82) is 0 Å². The van der Waals surface area contributed by atoms with Crippen LogP contribution in [-0.2, 0) is 0 Å². The minimum absolute atomic E-state index is 0.601. The maximum atomic E-state index is 2.86. The average molecular weight is 1240 g/mol. The van der Waals surface area contributed by atoms with Crippen LogP contribution in [0.25, 0.3) is 0 Å². The zero-order chi connectivity index (χ0) is 72.0. The van der Waals surface area contributed by atoms with Gasteiger partial charge in [-0.2, -0.15) is 0 Å². The average Bonchev–Trinajstić information content (AvgIpc) is 3.48. The third-order valence-corrected chi connectivity index (χ3v) is 13.5. The van der Waals surface area contributed by atoms with Crippen molar-refractivity contribution in [2.24, 2.45) is 46.8 Å². The van der Waals surface area contributed by atoms with Crippen LogP contribution in [0.1, 0.15) is 463 Å². The first-order valence-electron chi connectivity index (χ1n) is 38.6.